The van der Waals surface area contributed by atoms with Crippen molar-refractivity contribution >= 4 is 15.7 Å². The standard InChI is InChI=1S/C10H13FN2O2S/c11-8-3-4-10(9(12)5-8)16(14,15)13-6-7-1-2-7/h3-5,7,13H,1-2,6,12H2. The van der Waals surface area contributed by atoms with Gasteiger partial charge in [-0.15, -0.1) is 0 Å². The molecule has 0 bridgehead atoms. The third kappa shape index (κ3) is 2.51. The van der Waals surface area contributed by atoms with Gasteiger partial charge in [-0.05, 0) is 37.0 Å². The summed E-state index contributed by atoms with van der Waals surface area (Å²) in [4.78, 5) is -0.0606. The van der Waals surface area contributed by atoms with Gasteiger partial charge in [0.2, 0.25) is 10.0 Å². The van der Waals surface area contributed by atoms with Gasteiger partial charge in [0.1, 0.15) is 10.7 Å². The first-order valence-electron chi connectivity index (χ1n) is 5.04. The molecular formula is C10H13FN2O2S. The summed E-state index contributed by atoms with van der Waals surface area (Å²) in [5, 5.41) is 0. The summed E-state index contributed by atoms with van der Waals surface area (Å²) in [5.41, 5.74) is 5.40. The number of nitrogens with one attached hydrogen (secondary N) is 1. The smallest absolute Gasteiger partial charge is 0.242 e. The largest absolute Gasteiger partial charge is 0.398 e. The molecule has 88 valence electrons. The molecule has 1 fully saturated rings. The van der Waals surface area contributed by atoms with Crippen molar-refractivity contribution in [2.45, 2.75) is 17.7 Å². The molecule has 3 N–H and O–H groups in total. The molecule has 2 rings (SSSR count). The summed E-state index contributed by atoms with van der Waals surface area (Å²) in [6.07, 6.45) is 2.11. The first kappa shape index (κ1) is 11.3. The summed E-state index contributed by atoms with van der Waals surface area (Å²) in [5.74, 6) is -0.102. The van der Waals surface area contributed by atoms with Gasteiger partial charge < -0.3 is 5.73 Å². The molecule has 16 heavy (non-hydrogen) atoms. The van der Waals surface area contributed by atoms with E-state index in [0.717, 1.165) is 25.0 Å². The number of nitrogen functional groups attached to an aromatic ring is 1. The fourth-order valence-electron chi connectivity index (χ4n) is 1.39. The van der Waals surface area contributed by atoms with Crippen molar-refractivity contribution in [3.8, 4) is 0 Å². The van der Waals surface area contributed by atoms with E-state index >= 15 is 0 Å². The number of nitrogens with two attached hydrogens (primary N) is 1. The zero-order valence-corrected chi connectivity index (χ0v) is 9.43. The molecule has 0 spiro atoms. The maximum atomic E-state index is 12.8. The number of sulfonamides is 1. The highest BCUT2D eigenvalue weighted by molar-refractivity contribution is 7.89. The summed E-state index contributed by atoms with van der Waals surface area (Å²) in [6, 6.07) is 3.27. The van der Waals surface area contributed by atoms with Crippen molar-refractivity contribution < 1.29 is 12.8 Å². The minimum absolute atomic E-state index is 0.0606. The molecule has 0 aliphatic heterocycles. The van der Waals surface area contributed by atoms with Gasteiger partial charge in [0.25, 0.3) is 0 Å². The molecule has 0 saturated heterocycles. The molecule has 0 unspecified atom stereocenters. The average Bonchev–Trinajstić information content (AvgIpc) is 2.97. The van der Waals surface area contributed by atoms with Crippen LogP contribution in [0, 0.1) is 11.7 Å². The quantitative estimate of drug-likeness (QED) is 0.779. The lowest BCUT2D eigenvalue weighted by Gasteiger charge is -2.08. The second-order valence-corrected chi connectivity index (χ2v) is 5.71. The molecule has 1 aliphatic carbocycles. The molecule has 1 aromatic rings. The van der Waals surface area contributed by atoms with Crippen LogP contribution in [-0.4, -0.2) is 15.0 Å². The molecule has 4 nitrogen and oxygen atoms in total. The molecule has 1 aromatic carbocycles. The Morgan fingerprint density at radius 1 is 1.44 bits per heavy atom. The van der Waals surface area contributed by atoms with Crippen molar-refractivity contribution in [1.29, 1.82) is 0 Å². The van der Waals surface area contributed by atoms with Gasteiger partial charge in [-0.25, -0.2) is 17.5 Å². The van der Waals surface area contributed by atoms with Gasteiger partial charge in [0, 0.05) is 6.54 Å². The zero-order chi connectivity index (χ0) is 11.8. The molecule has 0 aromatic heterocycles. The van der Waals surface area contributed by atoms with E-state index in [1.165, 1.54) is 6.07 Å². The van der Waals surface area contributed by atoms with Crippen LogP contribution in [0.25, 0.3) is 0 Å². The van der Waals surface area contributed by atoms with Crippen molar-refractivity contribution in [3.05, 3.63) is 24.0 Å². The van der Waals surface area contributed by atoms with E-state index < -0.39 is 15.8 Å². The second-order valence-electron chi connectivity index (χ2n) is 3.98. The van der Waals surface area contributed by atoms with E-state index in [2.05, 4.69) is 4.72 Å². The van der Waals surface area contributed by atoms with Crippen LogP contribution in [0.4, 0.5) is 10.1 Å². The predicted molar refractivity (Wildman–Crippen MR) is 58.7 cm³/mol. The highest BCUT2D eigenvalue weighted by Crippen LogP contribution is 2.28. The third-order valence-corrected chi connectivity index (χ3v) is 4.02. The molecule has 1 saturated carbocycles. The third-order valence-electron chi connectivity index (χ3n) is 2.52. The molecule has 6 heteroatoms. The first-order valence-corrected chi connectivity index (χ1v) is 6.52. The summed E-state index contributed by atoms with van der Waals surface area (Å²) in [7, 11) is -3.60. The van der Waals surface area contributed by atoms with Gasteiger partial charge >= 0.3 is 0 Å². The van der Waals surface area contributed by atoms with Crippen molar-refractivity contribution in [2.24, 2.45) is 5.92 Å². The second kappa shape index (κ2) is 4.03. The van der Waals surface area contributed by atoms with Crippen LogP contribution in [0.5, 0.6) is 0 Å². The molecular weight excluding hydrogens is 231 g/mol. The van der Waals surface area contributed by atoms with Crippen LogP contribution >= 0.6 is 0 Å². The van der Waals surface area contributed by atoms with Crippen LogP contribution in [-0.2, 0) is 10.0 Å². The first-order chi connectivity index (χ1) is 7.49. The molecule has 0 radical (unpaired) electrons. The lowest BCUT2D eigenvalue weighted by atomic mass is 10.3. The van der Waals surface area contributed by atoms with Crippen LogP contribution in [0.15, 0.2) is 23.1 Å². The van der Waals surface area contributed by atoms with Crippen LogP contribution < -0.4 is 10.5 Å². The van der Waals surface area contributed by atoms with Gasteiger partial charge in [0.15, 0.2) is 0 Å². The Kier molecular flexibility index (Phi) is 2.86. The Labute approximate surface area is 93.7 Å². The van der Waals surface area contributed by atoms with Gasteiger partial charge in [0.05, 0.1) is 5.69 Å². The Hall–Kier alpha value is -1.14. The van der Waals surface area contributed by atoms with E-state index in [0.29, 0.717) is 12.5 Å². The summed E-state index contributed by atoms with van der Waals surface area (Å²) >= 11 is 0. The van der Waals surface area contributed by atoms with Gasteiger partial charge in [-0.3, -0.25) is 0 Å². The fraction of sp³-hybridized carbons (Fsp3) is 0.400. The SMILES string of the molecule is Nc1cc(F)ccc1S(=O)(=O)NCC1CC1. The molecule has 0 amide bonds. The monoisotopic (exact) mass is 244 g/mol. The van der Waals surface area contributed by atoms with Crippen molar-refractivity contribution in [2.75, 3.05) is 12.3 Å². The van der Waals surface area contributed by atoms with E-state index in [1.807, 2.05) is 0 Å². The average molecular weight is 244 g/mol. The lowest BCUT2D eigenvalue weighted by molar-refractivity contribution is 0.577. The number of hydrogen-bond donors (Lipinski definition) is 2. The Morgan fingerprint density at radius 2 is 2.12 bits per heavy atom. The molecule has 0 atom stereocenters. The Bertz CT molecular complexity index is 498. The predicted octanol–water partition coefficient (Wildman–Crippen LogP) is 1.10. The maximum Gasteiger partial charge on any atom is 0.242 e. The van der Waals surface area contributed by atoms with Crippen molar-refractivity contribution in [1.82, 2.24) is 4.72 Å². The normalized spacial score (nSPS) is 16.3. The van der Waals surface area contributed by atoms with Gasteiger partial charge in [-0.2, -0.15) is 0 Å². The lowest BCUT2D eigenvalue weighted by Crippen LogP contribution is -2.26. The zero-order valence-electron chi connectivity index (χ0n) is 8.61. The number of rotatable bonds is 4. The van der Waals surface area contributed by atoms with Crippen molar-refractivity contribution in [3.63, 3.8) is 0 Å². The number of benzene rings is 1. The minimum Gasteiger partial charge on any atom is -0.398 e. The number of anilines is 1. The fourth-order valence-corrected chi connectivity index (χ4v) is 2.62. The Balaban J connectivity index is 2.20. The van der Waals surface area contributed by atoms with E-state index in [-0.39, 0.29) is 10.6 Å². The maximum absolute atomic E-state index is 12.8. The van der Waals surface area contributed by atoms with E-state index in [9.17, 15) is 12.8 Å². The van der Waals surface area contributed by atoms with Crippen LogP contribution in [0.2, 0.25) is 0 Å². The topological polar surface area (TPSA) is 72.2 Å². The summed E-state index contributed by atoms with van der Waals surface area (Å²) < 4.78 is 38.8. The minimum atomic E-state index is -3.60. The van der Waals surface area contributed by atoms with Crippen LogP contribution in [0.3, 0.4) is 0 Å². The van der Waals surface area contributed by atoms with Gasteiger partial charge in [-0.1, -0.05) is 0 Å². The van der Waals surface area contributed by atoms with E-state index in [4.69, 9.17) is 5.73 Å². The highest BCUT2D eigenvalue weighted by atomic mass is 32.2. The van der Waals surface area contributed by atoms with Crippen LogP contribution in [0.1, 0.15) is 12.8 Å². The van der Waals surface area contributed by atoms with E-state index in [1.54, 1.807) is 0 Å². The summed E-state index contributed by atoms with van der Waals surface area (Å²) in [6.45, 7) is 0.430. The highest BCUT2D eigenvalue weighted by Gasteiger charge is 2.25. The molecule has 0 heterocycles. The number of hydrogen-bond acceptors (Lipinski definition) is 3. The Morgan fingerprint density at radius 3 is 2.69 bits per heavy atom. The number of halogens is 1. The molecule has 1 aliphatic rings.